The van der Waals surface area contributed by atoms with E-state index in [2.05, 4.69) is 0 Å². The Labute approximate surface area is 99.2 Å². The number of benzene rings is 1. The SMILES string of the molecule is CC1(CO)CN(c2ccccc2O)C(=O)CO1. The molecule has 1 amide bonds. The summed E-state index contributed by atoms with van der Waals surface area (Å²) in [6.07, 6.45) is 0. The van der Waals surface area contributed by atoms with Gasteiger partial charge in [-0.25, -0.2) is 0 Å². The number of nitrogens with zero attached hydrogens (tertiary/aromatic N) is 1. The zero-order chi connectivity index (χ0) is 12.5. The normalized spacial score (nSPS) is 25.1. The first-order valence-electron chi connectivity index (χ1n) is 5.39. The summed E-state index contributed by atoms with van der Waals surface area (Å²) in [4.78, 5) is 13.2. The number of rotatable bonds is 2. The largest absolute Gasteiger partial charge is 0.506 e. The number of aliphatic hydroxyl groups excluding tert-OH is 1. The molecule has 1 fully saturated rings. The van der Waals surface area contributed by atoms with Gasteiger partial charge in [0.1, 0.15) is 18.0 Å². The van der Waals surface area contributed by atoms with Gasteiger partial charge in [0.05, 0.1) is 18.8 Å². The summed E-state index contributed by atoms with van der Waals surface area (Å²) in [5.41, 5.74) is -0.337. The van der Waals surface area contributed by atoms with Crippen molar-refractivity contribution in [2.75, 3.05) is 24.7 Å². The molecular formula is C12H15NO4. The fraction of sp³-hybridized carbons (Fsp3) is 0.417. The molecule has 1 heterocycles. The lowest BCUT2D eigenvalue weighted by atomic mass is 10.0. The average Bonchev–Trinajstić information content (AvgIpc) is 2.34. The topological polar surface area (TPSA) is 70.0 Å². The van der Waals surface area contributed by atoms with Gasteiger partial charge in [-0.15, -0.1) is 0 Å². The number of hydrogen-bond donors (Lipinski definition) is 2. The van der Waals surface area contributed by atoms with Gasteiger partial charge in [-0.3, -0.25) is 4.79 Å². The van der Waals surface area contributed by atoms with Gasteiger partial charge in [0.25, 0.3) is 5.91 Å². The monoisotopic (exact) mass is 237 g/mol. The lowest BCUT2D eigenvalue weighted by Crippen LogP contribution is -2.55. The van der Waals surface area contributed by atoms with Crippen molar-refractivity contribution >= 4 is 11.6 Å². The Morgan fingerprint density at radius 1 is 1.47 bits per heavy atom. The van der Waals surface area contributed by atoms with Crippen molar-refractivity contribution < 1.29 is 19.7 Å². The lowest BCUT2D eigenvalue weighted by molar-refractivity contribution is -0.141. The summed E-state index contributed by atoms with van der Waals surface area (Å²) >= 11 is 0. The molecule has 1 aliphatic rings. The number of morpholine rings is 1. The third kappa shape index (κ3) is 2.25. The van der Waals surface area contributed by atoms with Gasteiger partial charge in [-0.2, -0.15) is 0 Å². The van der Waals surface area contributed by atoms with E-state index in [9.17, 15) is 15.0 Å². The van der Waals surface area contributed by atoms with Crippen LogP contribution in [-0.2, 0) is 9.53 Å². The summed E-state index contributed by atoms with van der Waals surface area (Å²) in [7, 11) is 0. The molecule has 0 radical (unpaired) electrons. The number of ether oxygens (including phenoxy) is 1. The van der Waals surface area contributed by atoms with Gasteiger partial charge in [0.15, 0.2) is 0 Å². The number of hydrogen-bond acceptors (Lipinski definition) is 4. The summed E-state index contributed by atoms with van der Waals surface area (Å²) in [5.74, 6) is -0.180. The zero-order valence-corrected chi connectivity index (χ0v) is 9.59. The highest BCUT2D eigenvalue weighted by molar-refractivity contribution is 5.96. The quantitative estimate of drug-likeness (QED) is 0.786. The third-order valence-corrected chi connectivity index (χ3v) is 2.84. The molecule has 0 aromatic heterocycles. The maximum Gasteiger partial charge on any atom is 0.253 e. The van der Waals surface area contributed by atoms with Crippen molar-refractivity contribution in [2.45, 2.75) is 12.5 Å². The van der Waals surface area contributed by atoms with E-state index in [0.29, 0.717) is 5.69 Å². The number of phenolic OH excluding ortho intramolecular Hbond substituents is 1. The van der Waals surface area contributed by atoms with Gasteiger partial charge < -0.3 is 19.8 Å². The predicted octanol–water partition coefficient (Wildman–Crippen LogP) is 0.506. The van der Waals surface area contributed by atoms with Crippen LogP contribution < -0.4 is 4.90 Å². The molecule has 2 rings (SSSR count). The minimum atomic E-state index is -0.782. The molecule has 0 saturated carbocycles. The molecular weight excluding hydrogens is 222 g/mol. The highest BCUT2D eigenvalue weighted by Crippen LogP contribution is 2.30. The Morgan fingerprint density at radius 2 is 2.18 bits per heavy atom. The minimum absolute atomic E-state index is 0.0445. The van der Waals surface area contributed by atoms with E-state index in [1.54, 1.807) is 25.1 Å². The van der Waals surface area contributed by atoms with Crippen LogP contribution in [0, 0.1) is 0 Å². The molecule has 2 N–H and O–H groups in total. The zero-order valence-electron chi connectivity index (χ0n) is 9.59. The maximum absolute atomic E-state index is 11.8. The maximum atomic E-state index is 11.8. The molecule has 1 unspecified atom stereocenters. The van der Waals surface area contributed by atoms with Crippen LogP contribution in [-0.4, -0.2) is 41.5 Å². The van der Waals surface area contributed by atoms with Gasteiger partial charge in [0, 0.05) is 0 Å². The molecule has 1 saturated heterocycles. The van der Waals surface area contributed by atoms with E-state index < -0.39 is 5.60 Å². The minimum Gasteiger partial charge on any atom is -0.506 e. The molecule has 5 heteroatoms. The summed E-state index contributed by atoms with van der Waals surface area (Å²) < 4.78 is 5.30. The first-order valence-corrected chi connectivity index (χ1v) is 5.39. The van der Waals surface area contributed by atoms with Crippen LogP contribution >= 0.6 is 0 Å². The second kappa shape index (κ2) is 4.35. The van der Waals surface area contributed by atoms with Crippen LogP contribution in [0.2, 0.25) is 0 Å². The van der Waals surface area contributed by atoms with E-state index >= 15 is 0 Å². The van der Waals surface area contributed by atoms with Crippen LogP contribution in [0.1, 0.15) is 6.92 Å². The van der Waals surface area contributed by atoms with Crippen molar-refractivity contribution in [1.29, 1.82) is 0 Å². The number of carbonyl (C=O) groups excluding carboxylic acids is 1. The molecule has 1 aromatic carbocycles. The molecule has 5 nitrogen and oxygen atoms in total. The second-order valence-electron chi connectivity index (χ2n) is 4.37. The highest BCUT2D eigenvalue weighted by atomic mass is 16.5. The van der Waals surface area contributed by atoms with Crippen LogP contribution in [0.5, 0.6) is 5.75 Å². The van der Waals surface area contributed by atoms with Gasteiger partial charge in [-0.05, 0) is 19.1 Å². The average molecular weight is 237 g/mol. The summed E-state index contributed by atoms with van der Waals surface area (Å²) in [6.45, 7) is 1.68. The smallest absolute Gasteiger partial charge is 0.253 e. The van der Waals surface area contributed by atoms with Crippen molar-refractivity contribution in [3.8, 4) is 5.75 Å². The predicted molar refractivity (Wildman–Crippen MR) is 61.9 cm³/mol. The number of carbonyl (C=O) groups is 1. The molecule has 1 atom stereocenters. The van der Waals surface area contributed by atoms with Gasteiger partial charge >= 0.3 is 0 Å². The molecule has 17 heavy (non-hydrogen) atoms. The van der Waals surface area contributed by atoms with E-state index in [0.717, 1.165) is 0 Å². The molecule has 92 valence electrons. The molecule has 1 aromatic rings. The third-order valence-electron chi connectivity index (χ3n) is 2.84. The van der Waals surface area contributed by atoms with Crippen molar-refractivity contribution in [3.05, 3.63) is 24.3 Å². The molecule has 0 spiro atoms. The fourth-order valence-electron chi connectivity index (χ4n) is 1.79. The second-order valence-corrected chi connectivity index (χ2v) is 4.37. The number of anilines is 1. The van der Waals surface area contributed by atoms with Crippen molar-refractivity contribution in [1.82, 2.24) is 0 Å². The van der Waals surface area contributed by atoms with Crippen LogP contribution in [0.4, 0.5) is 5.69 Å². The van der Waals surface area contributed by atoms with E-state index in [-0.39, 0.29) is 31.4 Å². The van der Waals surface area contributed by atoms with E-state index in [4.69, 9.17) is 4.74 Å². The van der Waals surface area contributed by atoms with Crippen LogP contribution in [0.15, 0.2) is 24.3 Å². The highest BCUT2D eigenvalue weighted by Gasteiger charge is 2.36. The number of phenols is 1. The first kappa shape index (κ1) is 11.9. The number of aliphatic hydroxyl groups is 1. The molecule has 1 aliphatic heterocycles. The first-order chi connectivity index (χ1) is 8.06. The Balaban J connectivity index is 2.30. The van der Waals surface area contributed by atoms with Gasteiger partial charge in [-0.1, -0.05) is 12.1 Å². The molecule has 0 bridgehead atoms. The summed E-state index contributed by atoms with van der Waals surface area (Å²) in [6, 6.07) is 6.62. The van der Waals surface area contributed by atoms with Crippen molar-refractivity contribution in [3.63, 3.8) is 0 Å². The van der Waals surface area contributed by atoms with Crippen molar-refractivity contribution in [2.24, 2.45) is 0 Å². The van der Waals surface area contributed by atoms with E-state index in [1.165, 1.54) is 11.0 Å². The van der Waals surface area contributed by atoms with Crippen LogP contribution in [0.25, 0.3) is 0 Å². The van der Waals surface area contributed by atoms with E-state index in [1.807, 2.05) is 0 Å². The fourth-order valence-corrected chi connectivity index (χ4v) is 1.79. The summed E-state index contributed by atoms with van der Waals surface area (Å²) in [5, 5.41) is 19.0. The standard InChI is InChI=1S/C12H15NO4/c1-12(8-14)7-13(11(16)6-17-12)9-4-2-3-5-10(9)15/h2-5,14-15H,6-8H2,1H3. The Bertz CT molecular complexity index is 434. The Morgan fingerprint density at radius 3 is 2.82 bits per heavy atom. The Hall–Kier alpha value is -1.59. The number of aromatic hydroxyl groups is 1. The number of para-hydroxylation sites is 2. The lowest BCUT2D eigenvalue weighted by Gasteiger charge is -2.39. The van der Waals surface area contributed by atoms with Crippen LogP contribution in [0.3, 0.4) is 0 Å². The Kier molecular flexibility index (Phi) is 3.04. The van der Waals surface area contributed by atoms with Gasteiger partial charge in [0.2, 0.25) is 0 Å². The number of amides is 1. The molecule has 0 aliphatic carbocycles.